The second kappa shape index (κ2) is 10.8. The van der Waals surface area contributed by atoms with E-state index in [1.54, 1.807) is 0 Å². The van der Waals surface area contributed by atoms with Crippen molar-refractivity contribution in [3.63, 3.8) is 0 Å². The summed E-state index contributed by atoms with van der Waals surface area (Å²) >= 11 is 0. The van der Waals surface area contributed by atoms with E-state index in [-0.39, 0.29) is 23.0 Å². The van der Waals surface area contributed by atoms with Gasteiger partial charge in [-0.15, -0.1) is 0 Å². The number of hydrogen-bond donors (Lipinski definition) is 2. The molecule has 4 saturated carbocycles. The number of aliphatic hydroxyl groups excluding tert-OH is 2. The lowest BCUT2D eigenvalue weighted by atomic mass is 9.43. The molecule has 6 heteroatoms. The minimum atomic E-state index is -0.330. The zero-order valence-electron chi connectivity index (χ0n) is 23.8. The average Bonchev–Trinajstić information content (AvgIpc) is 3.53. The third-order valence-corrected chi connectivity index (χ3v) is 12.1. The highest BCUT2D eigenvalue weighted by molar-refractivity contribution is 5.88. The van der Waals surface area contributed by atoms with Gasteiger partial charge in [0.2, 0.25) is 5.91 Å². The Morgan fingerprint density at radius 1 is 1.14 bits per heavy atom. The lowest BCUT2D eigenvalue weighted by molar-refractivity contribution is -0.148. The quantitative estimate of drug-likeness (QED) is 0.350. The number of nitrogens with zero attached hydrogens (tertiary/aromatic N) is 2. The van der Waals surface area contributed by atoms with Crippen LogP contribution < -0.4 is 0 Å². The van der Waals surface area contributed by atoms with Gasteiger partial charge in [0.25, 0.3) is 0 Å². The Bertz CT molecular complexity index is 856. The Hall–Kier alpha value is -1.14. The van der Waals surface area contributed by atoms with Crippen molar-refractivity contribution in [3.05, 3.63) is 0 Å². The topological polar surface area (TPSA) is 82.4 Å². The van der Waals surface area contributed by atoms with Crippen LogP contribution in [0.1, 0.15) is 105 Å². The van der Waals surface area contributed by atoms with Gasteiger partial charge in [-0.25, -0.2) is 0 Å². The third kappa shape index (κ3) is 4.77. The number of fused-ring (bicyclic) bond motifs is 5. The lowest BCUT2D eigenvalue weighted by Gasteiger charge is -2.62. The van der Waals surface area contributed by atoms with Gasteiger partial charge in [-0.2, -0.15) is 0 Å². The molecule has 0 unspecified atom stereocenters. The first-order chi connectivity index (χ1) is 17.7. The summed E-state index contributed by atoms with van der Waals surface area (Å²) in [7, 11) is 0. The van der Waals surface area contributed by atoms with Gasteiger partial charge >= 0.3 is 0 Å². The summed E-state index contributed by atoms with van der Waals surface area (Å²) in [4.78, 5) is 20.6. The van der Waals surface area contributed by atoms with Crippen molar-refractivity contribution in [3.8, 4) is 0 Å². The van der Waals surface area contributed by atoms with Crippen LogP contribution in [0.15, 0.2) is 5.16 Å². The molecule has 5 rings (SSSR count). The van der Waals surface area contributed by atoms with Crippen LogP contribution in [-0.2, 0) is 9.63 Å². The van der Waals surface area contributed by atoms with E-state index in [0.29, 0.717) is 54.4 Å². The molecule has 4 aliphatic carbocycles. The molecule has 37 heavy (non-hydrogen) atoms. The molecule has 0 aromatic heterocycles. The number of oxime groups is 1. The molecule has 1 aliphatic heterocycles. The number of rotatable bonds is 7. The number of hydrogen-bond acceptors (Lipinski definition) is 5. The highest BCUT2D eigenvalue weighted by Gasteiger charge is 2.65. The lowest BCUT2D eigenvalue weighted by Crippen LogP contribution is -2.61. The number of likely N-dealkylation sites (tertiary alicyclic amines) is 1. The van der Waals surface area contributed by atoms with Gasteiger partial charge in [0, 0.05) is 30.8 Å². The number of amides is 1. The summed E-state index contributed by atoms with van der Waals surface area (Å²) in [6, 6.07) is 0. The molecule has 0 spiro atoms. The van der Waals surface area contributed by atoms with Gasteiger partial charge in [0.15, 0.2) is 0 Å². The highest BCUT2D eigenvalue weighted by atomic mass is 16.6. The van der Waals surface area contributed by atoms with Crippen LogP contribution >= 0.6 is 0 Å². The fourth-order valence-corrected chi connectivity index (χ4v) is 9.87. The number of carbonyl (C=O) groups excluding carboxylic acids is 1. The van der Waals surface area contributed by atoms with Crippen molar-refractivity contribution in [2.45, 2.75) is 117 Å². The largest absolute Gasteiger partial charge is 0.396 e. The van der Waals surface area contributed by atoms with Crippen molar-refractivity contribution < 1.29 is 19.8 Å². The molecule has 0 aromatic rings. The first kappa shape index (κ1) is 27.4. The van der Waals surface area contributed by atoms with E-state index in [2.05, 4.69) is 27.7 Å². The molecule has 1 amide bonds. The normalized spacial score (nSPS) is 45.3. The van der Waals surface area contributed by atoms with Crippen LogP contribution in [0.25, 0.3) is 0 Å². The molecule has 5 fully saturated rings. The molecule has 1 saturated heterocycles. The van der Waals surface area contributed by atoms with E-state index in [9.17, 15) is 15.0 Å². The Morgan fingerprint density at radius 2 is 1.89 bits per heavy atom. The molecule has 1 heterocycles. The minimum Gasteiger partial charge on any atom is -0.396 e. The van der Waals surface area contributed by atoms with E-state index in [4.69, 9.17) is 9.99 Å². The number of carbonyl (C=O) groups is 1. The Balaban J connectivity index is 1.38. The summed E-state index contributed by atoms with van der Waals surface area (Å²) < 4.78 is 0. The molecule has 5 aliphatic rings. The highest BCUT2D eigenvalue weighted by Crippen LogP contribution is 2.67. The predicted molar refractivity (Wildman–Crippen MR) is 146 cm³/mol. The van der Waals surface area contributed by atoms with Crippen LogP contribution in [-0.4, -0.2) is 58.6 Å². The van der Waals surface area contributed by atoms with Crippen molar-refractivity contribution in [1.29, 1.82) is 0 Å². The summed E-state index contributed by atoms with van der Waals surface area (Å²) in [5.41, 5.74) is 1.19. The molecular weight excluding hydrogens is 464 g/mol. The SMILES string of the molecule is CCCO/N=C1/C[C@@H]2C[C@H](O)CC[C@]2(C)[C@H]2C[C@H](O)[C@]3(C)[C@@H]([C@H](C)CCC(=O)N4CCCC4)CC[C@H]3[C@H]12. The summed E-state index contributed by atoms with van der Waals surface area (Å²) in [6.45, 7) is 11.7. The Kier molecular flexibility index (Phi) is 8.00. The maximum absolute atomic E-state index is 12.8. The van der Waals surface area contributed by atoms with Gasteiger partial charge in [-0.3, -0.25) is 4.79 Å². The van der Waals surface area contributed by atoms with Gasteiger partial charge in [-0.1, -0.05) is 32.9 Å². The van der Waals surface area contributed by atoms with Crippen LogP contribution in [0.3, 0.4) is 0 Å². The second-order valence-electron chi connectivity index (χ2n) is 13.9. The van der Waals surface area contributed by atoms with E-state index < -0.39 is 0 Å². The van der Waals surface area contributed by atoms with Crippen LogP contribution in [0, 0.1) is 46.3 Å². The number of aliphatic hydroxyl groups is 2. The van der Waals surface area contributed by atoms with E-state index >= 15 is 0 Å². The summed E-state index contributed by atoms with van der Waals surface area (Å²) in [5, 5.41) is 27.2. The maximum Gasteiger partial charge on any atom is 0.222 e. The monoisotopic (exact) mass is 516 g/mol. The zero-order chi connectivity index (χ0) is 26.4. The van der Waals surface area contributed by atoms with Gasteiger partial charge in [0.05, 0.1) is 17.9 Å². The molecule has 10 atom stereocenters. The standard InChI is InChI=1S/C31H52N2O4/c1-5-16-37-32-26-18-21-17-22(34)12-13-30(21,3)25-19-27(35)31(4)23(9-10-24(31)29(25)26)20(2)8-11-28(36)33-14-6-7-15-33/h20-25,27,29,34-35H,5-19H2,1-4H3/b32-26-/t20-,21+,22-,23-,24+,25+,27+,29+,30+,31-/m1/s1. The van der Waals surface area contributed by atoms with Gasteiger partial charge in [0.1, 0.15) is 6.61 Å². The molecule has 0 aromatic carbocycles. The molecule has 6 nitrogen and oxygen atoms in total. The van der Waals surface area contributed by atoms with Crippen LogP contribution in [0.5, 0.6) is 0 Å². The smallest absolute Gasteiger partial charge is 0.222 e. The predicted octanol–water partition coefficient (Wildman–Crippen LogP) is 5.41. The summed E-state index contributed by atoms with van der Waals surface area (Å²) in [5.74, 6) is 2.72. The van der Waals surface area contributed by atoms with Crippen LogP contribution in [0.2, 0.25) is 0 Å². The van der Waals surface area contributed by atoms with Gasteiger partial charge < -0.3 is 20.0 Å². The Morgan fingerprint density at radius 3 is 2.62 bits per heavy atom. The second-order valence-corrected chi connectivity index (χ2v) is 13.9. The zero-order valence-corrected chi connectivity index (χ0v) is 23.8. The average molecular weight is 517 g/mol. The van der Waals surface area contributed by atoms with E-state index in [1.165, 1.54) is 5.71 Å². The first-order valence-electron chi connectivity index (χ1n) is 15.5. The van der Waals surface area contributed by atoms with Gasteiger partial charge in [-0.05, 0) is 106 Å². The van der Waals surface area contributed by atoms with Crippen molar-refractivity contribution >= 4 is 11.6 Å². The van der Waals surface area contributed by atoms with Crippen LogP contribution in [0.4, 0.5) is 0 Å². The molecule has 0 bridgehead atoms. The maximum atomic E-state index is 12.8. The Labute approximate surface area is 224 Å². The first-order valence-corrected chi connectivity index (χ1v) is 15.5. The molecule has 0 radical (unpaired) electrons. The fraction of sp³-hybridized carbons (Fsp3) is 0.935. The minimum absolute atomic E-state index is 0.141. The fourth-order valence-electron chi connectivity index (χ4n) is 9.87. The van der Waals surface area contributed by atoms with Crippen molar-refractivity contribution in [1.82, 2.24) is 4.90 Å². The molecule has 2 N–H and O–H groups in total. The summed E-state index contributed by atoms with van der Waals surface area (Å²) in [6.07, 6.45) is 11.0. The van der Waals surface area contributed by atoms with Crippen molar-refractivity contribution in [2.24, 2.45) is 51.5 Å². The third-order valence-electron chi connectivity index (χ3n) is 12.1. The van der Waals surface area contributed by atoms with Crippen molar-refractivity contribution in [2.75, 3.05) is 19.7 Å². The molecule has 210 valence electrons. The van der Waals surface area contributed by atoms with E-state index in [0.717, 1.165) is 83.7 Å². The molecular formula is C31H52N2O4. The van der Waals surface area contributed by atoms with E-state index in [1.807, 2.05) is 4.90 Å².